The van der Waals surface area contributed by atoms with E-state index in [1.807, 2.05) is 94.1 Å². The van der Waals surface area contributed by atoms with Crippen molar-refractivity contribution in [1.29, 1.82) is 0 Å². The Morgan fingerprint density at radius 2 is 0.560 bits per heavy atom. The molecule has 0 N–H and O–H groups in total. The van der Waals surface area contributed by atoms with E-state index in [9.17, 15) is 0 Å². The molecular formula is C11H24S14. The first-order chi connectivity index (χ1) is 12.2. The molecule has 0 aromatic carbocycles. The summed E-state index contributed by atoms with van der Waals surface area (Å²) in [7, 11) is 0. The third-order valence-electron chi connectivity index (χ3n) is 2.34. The highest BCUT2D eigenvalue weighted by molar-refractivity contribution is 8.33. The molecule has 0 spiro atoms. The number of hydrogen-bond acceptors (Lipinski definition) is 14. The highest BCUT2D eigenvalue weighted by Gasteiger charge is 2.26. The minimum Gasteiger partial charge on any atom is -0.168 e. The molecule has 0 aromatic heterocycles. The van der Waals surface area contributed by atoms with Crippen LogP contribution in [0.25, 0.3) is 0 Å². The van der Waals surface area contributed by atoms with Gasteiger partial charge in [-0.05, 0) is 0 Å². The van der Waals surface area contributed by atoms with Crippen LogP contribution >= 0.6 is 170 Å². The molecule has 0 radical (unpaired) electrons. The maximum Gasteiger partial charge on any atom is 0.0729 e. The van der Waals surface area contributed by atoms with Gasteiger partial charge >= 0.3 is 0 Å². The zero-order valence-corrected chi connectivity index (χ0v) is 25.1. The van der Waals surface area contributed by atoms with Crippen molar-refractivity contribution in [2.75, 3.05) is 35.6 Å². The molecule has 25 heavy (non-hydrogen) atoms. The number of thioether (sulfide) groups is 8. The third-order valence-corrected chi connectivity index (χ3v) is 16.5. The second-order valence-corrected chi connectivity index (χ2v) is 18.8. The molecule has 14 heteroatoms. The Balaban J connectivity index is 4.65. The molecule has 2 unspecified atom stereocenters. The van der Waals surface area contributed by atoms with Crippen LogP contribution in [0, 0.1) is 0 Å². The minimum atomic E-state index is 0.489. The molecule has 0 rings (SSSR count). The highest BCUT2D eigenvalue weighted by Crippen LogP contribution is 2.45. The van der Waals surface area contributed by atoms with Gasteiger partial charge in [0, 0.05) is 35.6 Å². The Bertz CT molecular complexity index is 244. The van der Waals surface area contributed by atoms with Gasteiger partial charge in [-0.3, -0.25) is 0 Å². The van der Waals surface area contributed by atoms with Crippen LogP contribution in [0.4, 0.5) is 0 Å². The predicted octanol–water partition coefficient (Wildman–Crippen LogP) is 7.44. The van der Waals surface area contributed by atoms with Gasteiger partial charge < -0.3 is 0 Å². The monoisotopic (exact) mass is 604 g/mol. The number of hydrogen-bond donors (Lipinski definition) is 6. The van der Waals surface area contributed by atoms with E-state index in [2.05, 4.69) is 75.8 Å². The molecule has 0 amide bonds. The quantitative estimate of drug-likeness (QED) is 0.0697. The van der Waals surface area contributed by atoms with E-state index in [1.54, 1.807) is 0 Å². The molecule has 0 aliphatic rings. The molecule has 0 saturated heterocycles. The zero-order valence-electron chi connectivity index (χ0n) is 13.2. The smallest absolute Gasteiger partial charge is 0.0729 e. The zero-order chi connectivity index (χ0) is 18.9. The van der Waals surface area contributed by atoms with Gasteiger partial charge in [0.2, 0.25) is 0 Å². The Labute approximate surface area is 220 Å². The summed E-state index contributed by atoms with van der Waals surface area (Å²) >= 11 is 41.8. The molecule has 0 heterocycles. The van der Waals surface area contributed by atoms with Gasteiger partial charge in [-0.2, -0.15) is 75.8 Å². The summed E-state index contributed by atoms with van der Waals surface area (Å²) in [4.78, 5) is 0. The van der Waals surface area contributed by atoms with Crippen LogP contribution in [0.1, 0.15) is 0 Å². The van der Waals surface area contributed by atoms with Crippen molar-refractivity contribution in [3.05, 3.63) is 0 Å². The lowest BCUT2D eigenvalue weighted by Gasteiger charge is -2.27. The van der Waals surface area contributed by atoms with E-state index in [0.29, 0.717) is 18.3 Å². The van der Waals surface area contributed by atoms with Gasteiger partial charge in [-0.25, -0.2) is 0 Å². The van der Waals surface area contributed by atoms with E-state index in [-0.39, 0.29) is 0 Å². The maximum atomic E-state index is 4.42. The van der Waals surface area contributed by atoms with Crippen molar-refractivity contribution in [2.45, 2.75) is 18.3 Å². The Kier molecular flexibility index (Phi) is 26.4. The molecule has 152 valence electrons. The first-order valence-corrected chi connectivity index (χ1v) is 18.9. The topological polar surface area (TPSA) is 0 Å². The summed E-state index contributed by atoms with van der Waals surface area (Å²) in [5.41, 5.74) is 0. The Morgan fingerprint density at radius 3 is 0.760 bits per heavy atom. The van der Waals surface area contributed by atoms with Crippen LogP contribution in [0.5, 0.6) is 0 Å². The van der Waals surface area contributed by atoms with Crippen LogP contribution in [0.15, 0.2) is 0 Å². The average molecular weight is 605 g/mol. The van der Waals surface area contributed by atoms with Crippen molar-refractivity contribution in [3.8, 4) is 0 Å². The van der Waals surface area contributed by atoms with E-state index in [4.69, 9.17) is 0 Å². The molecule has 0 aromatic rings. The van der Waals surface area contributed by atoms with E-state index in [1.165, 1.54) is 0 Å². The largest absolute Gasteiger partial charge is 0.168 e. The van der Waals surface area contributed by atoms with Crippen molar-refractivity contribution < 1.29 is 0 Å². The highest BCUT2D eigenvalue weighted by atomic mass is 32.3. The van der Waals surface area contributed by atoms with E-state index >= 15 is 0 Å². The SMILES string of the molecule is SCSC(SCS)C(SCS)SCSC(SCS)C(SCS)SCS. The second-order valence-electron chi connectivity index (χ2n) is 3.70. The molecule has 0 bridgehead atoms. The molecule has 0 aliphatic carbocycles. The van der Waals surface area contributed by atoms with Crippen LogP contribution in [-0.4, -0.2) is 53.9 Å². The van der Waals surface area contributed by atoms with Crippen molar-refractivity contribution in [2.24, 2.45) is 0 Å². The lowest BCUT2D eigenvalue weighted by atomic mass is 10.9. The first kappa shape index (κ1) is 29.9. The van der Waals surface area contributed by atoms with Gasteiger partial charge in [0.05, 0.1) is 18.3 Å². The number of rotatable bonds is 18. The maximum absolute atomic E-state index is 4.42. The first-order valence-electron chi connectivity index (χ1n) is 6.76. The van der Waals surface area contributed by atoms with Crippen molar-refractivity contribution in [3.63, 3.8) is 0 Å². The van der Waals surface area contributed by atoms with E-state index < -0.39 is 0 Å². The van der Waals surface area contributed by atoms with Crippen molar-refractivity contribution in [1.82, 2.24) is 0 Å². The molecule has 0 aliphatic heterocycles. The Morgan fingerprint density at radius 1 is 0.360 bits per heavy atom. The van der Waals surface area contributed by atoms with E-state index in [0.717, 1.165) is 35.6 Å². The minimum absolute atomic E-state index is 0.489. The lowest BCUT2D eigenvalue weighted by Crippen LogP contribution is -2.17. The fraction of sp³-hybridized carbons (Fsp3) is 1.00. The second kappa shape index (κ2) is 22.1. The molecule has 0 nitrogen and oxygen atoms in total. The fourth-order valence-corrected chi connectivity index (χ4v) is 17.2. The van der Waals surface area contributed by atoms with Gasteiger partial charge in [-0.1, -0.05) is 0 Å². The fourth-order valence-electron chi connectivity index (χ4n) is 1.44. The summed E-state index contributed by atoms with van der Waals surface area (Å²) in [5.74, 6) is 0. The number of thiol groups is 6. The van der Waals surface area contributed by atoms with Gasteiger partial charge in [0.15, 0.2) is 0 Å². The standard InChI is InChI=1S/C11H24S14/c12-1-18-8(19-2-13)10(22-5-16)24-7-25-11(23-6-17)9(20-3-14)21-4-15/h8-17H,1-7H2. The van der Waals surface area contributed by atoms with Gasteiger partial charge in [-0.15, -0.1) is 94.1 Å². The van der Waals surface area contributed by atoms with Crippen LogP contribution < -0.4 is 0 Å². The Hall–Kier alpha value is 4.90. The summed E-state index contributed by atoms with van der Waals surface area (Å²) in [6.07, 6.45) is 0. The molecule has 0 saturated carbocycles. The lowest BCUT2D eigenvalue weighted by molar-refractivity contribution is 1.35. The van der Waals surface area contributed by atoms with Crippen molar-refractivity contribution >= 4 is 170 Å². The average Bonchev–Trinajstić information content (AvgIpc) is 2.60. The third kappa shape index (κ3) is 15.4. The molecular weight excluding hydrogens is 581 g/mol. The van der Waals surface area contributed by atoms with Gasteiger partial charge in [0.25, 0.3) is 0 Å². The predicted molar refractivity (Wildman–Crippen MR) is 164 cm³/mol. The van der Waals surface area contributed by atoms with Gasteiger partial charge in [0.1, 0.15) is 0 Å². The molecule has 0 fully saturated rings. The summed E-state index contributed by atoms with van der Waals surface area (Å²) in [5, 5.41) is 6.06. The molecule has 2 atom stereocenters. The van der Waals surface area contributed by atoms with Crippen LogP contribution in [-0.2, 0) is 0 Å². The summed E-state index contributed by atoms with van der Waals surface area (Å²) < 4.78 is 1.97. The van der Waals surface area contributed by atoms with Crippen LogP contribution in [0.2, 0.25) is 0 Å². The van der Waals surface area contributed by atoms with Crippen LogP contribution in [0.3, 0.4) is 0 Å². The summed E-state index contributed by atoms with van der Waals surface area (Å²) in [6.45, 7) is 0. The summed E-state index contributed by atoms with van der Waals surface area (Å²) in [6, 6.07) is 0. The normalized spacial score (nSPS) is 14.4.